The zero-order valence-corrected chi connectivity index (χ0v) is 20.5. The summed E-state index contributed by atoms with van der Waals surface area (Å²) >= 11 is 1.37. The van der Waals surface area contributed by atoms with Gasteiger partial charge in [0.1, 0.15) is 11.6 Å². The predicted octanol–water partition coefficient (Wildman–Crippen LogP) is 6.57. The first-order valence-electron chi connectivity index (χ1n) is 11.6. The van der Waals surface area contributed by atoms with Crippen molar-refractivity contribution in [1.82, 2.24) is 5.32 Å². The zero-order chi connectivity index (χ0) is 25.8. The van der Waals surface area contributed by atoms with Crippen LogP contribution in [-0.4, -0.2) is 11.8 Å². The lowest BCUT2D eigenvalue weighted by molar-refractivity contribution is -0.114. The van der Waals surface area contributed by atoms with Crippen LogP contribution in [-0.2, 0) is 17.9 Å². The van der Waals surface area contributed by atoms with Gasteiger partial charge in [0, 0.05) is 22.6 Å². The Morgan fingerprint density at radius 2 is 1.57 bits per heavy atom. The van der Waals surface area contributed by atoms with Gasteiger partial charge in [-0.3, -0.25) is 9.59 Å². The number of halogens is 2. The van der Waals surface area contributed by atoms with Crippen LogP contribution < -0.4 is 10.2 Å². The van der Waals surface area contributed by atoms with Gasteiger partial charge in [-0.1, -0.05) is 66.4 Å². The van der Waals surface area contributed by atoms with Gasteiger partial charge in [-0.05, 0) is 59.7 Å². The predicted molar refractivity (Wildman–Crippen MR) is 142 cm³/mol. The molecule has 4 nitrogen and oxygen atoms in total. The minimum absolute atomic E-state index is 0.119. The van der Waals surface area contributed by atoms with Gasteiger partial charge in [-0.15, -0.1) is 0 Å². The molecule has 0 saturated carbocycles. The summed E-state index contributed by atoms with van der Waals surface area (Å²) in [6.07, 6.45) is 1.78. The monoisotopic (exact) mass is 512 g/mol. The second kappa shape index (κ2) is 10.8. The second-order valence-corrected chi connectivity index (χ2v) is 9.58. The highest BCUT2D eigenvalue weighted by Gasteiger charge is 2.29. The van der Waals surface area contributed by atoms with Crippen molar-refractivity contribution in [1.29, 1.82) is 0 Å². The topological polar surface area (TPSA) is 49.4 Å². The van der Waals surface area contributed by atoms with Crippen LogP contribution in [0.4, 0.5) is 14.5 Å². The summed E-state index contributed by atoms with van der Waals surface area (Å²) in [5.74, 6) is -1.15. The Morgan fingerprint density at radius 3 is 2.32 bits per heavy atom. The quantitative estimate of drug-likeness (QED) is 0.297. The summed E-state index contributed by atoms with van der Waals surface area (Å²) in [5.41, 5.74) is 3.21. The zero-order valence-electron chi connectivity index (χ0n) is 19.7. The van der Waals surface area contributed by atoms with Crippen LogP contribution in [0.3, 0.4) is 0 Å². The number of hydrogen-bond donors (Lipinski definition) is 1. The van der Waals surface area contributed by atoms with E-state index in [1.807, 2.05) is 24.3 Å². The van der Waals surface area contributed by atoms with Crippen LogP contribution in [0.1, 0.15) is 27.0 Å². The molecule has 4 aromatic rings. The molecular formula is C30H22F2N2O2S. The van der Waals surface area contributed by atoms with Gasteiger partial charge in [0.05, 0.1) is 17.1 Å². The number of benzene rings is 4. The maximum Gasteiger partial charge on any atom is 0.265 e. The molecule has 0 bridgehead atoms. The molecule has 37 heavy (non-hydrogen) atoms. The van der Waals surface area contributed by atoms with Crippen molar-refractivity contribution >= 4 is 35.3 Å². The van der Waals surface area contributed by atoms with Gasteiger partial charge in [0.25, 0.3) is 11.8 Å². The van der Waals surface area contributed by atoms with Gasteiger partial charge in [0.2, 0.25) is 0 Å². The van der Waals surface area contributed by atoms with Gasteiger partial charge in [-0.2, -0.15) is 0 Å². The summed E-state index contributed by atoms with van der Waals surface area (Å²) in [6, 6.07) is 26.9. The molecule has 5 rings (SSSR count). The van der Waals surface area contributed by atoms with Crippen molar-refractivity contribution < 1.29 is 18.4 Å². The van der Waals surface area contributed by atoms with E-state index in [0.29, 0.717) is 16.0 Å². The number of carbonyl (C=O) groups is 2. The number of hydrogen-bond acceptors (Lipinski definition) is 3. The van der Waals surface area contributed by atoms with Gasteiger partial charge < -0.3 is 10.2 Å². The van der Waals surface area contributed by atoms with E-state index < -0.39 is 0 Å². The summed E-state index contributed by atoms with van der Waals surface area (Å²) in [6.45, 7) is 0.404. The summed E-state index contributed by atoms with van der Waals surface area (Å²) in [4.78, 5) is 29.0. The molecule has 1 aliphatic heterocycles. The number of rotatable bonds is 6. The molecule has 0 radical (unpaired) electrons. The molecule has 0 aromatic heterocycles. The highest BCUT2D eigenvalue weighted by Crippen LogP contribution is 2.42. The van der Waals surface area contributed by atoms with E-state index in [4.69, 9.17) is 0 Å². The molecule has 0 atom stereocenters. The van der Waals surface area contributed by atoms with Crippen molar-refractivity contribution in [3.8, 4) is 0 Å². The molecule has 0 spiro atoms. The third-order valence-corrected chi connectivity index (χ3v) is 7.03. The van der Waals surface area contributed by atoms with Crippen molar-refractivity contribution in [3.05, 3.63) is 136 Å². The molecule has 2 amide bonds. The Labute approximate surface area is 217 Å². The highest BCUT2D eigenvalue weighted by molar-refractivity contribution is 8.04. The van der Waals surface area contributed by atoms with Gasteiger partial charge >= 0.3 is 0 Å². The van der Waals surface area contributed by atoms with Crippen molar-refractivity contribution in [3.63, 3.8) is 0 Å². The number of nitrogens with zero attached hydrogens (tertiary/aromatic N) is 1. The molecule has 0 fully saturated rings. The second-order valence-electron chi connectivity index (χ2n) is 8.49. The maximum atomic E-state index is 14.4. The largest absolute Gasteiger partial charge is 0.348 e. The molecule has 1 aliphatic rings. The number of para-hydroxylation sites is 1. The van der Waals surface area contributed by atoms with Crippen LogP contribution in [0.15, 0.2) is 107 Å². The maximum absolute atomic E-state index is 14.4. The van der Waals surface area contributed by atoms with Crippen LogP contribution in [0.25, 0.3) is 6.08 Å². The van der Waals surface area contributed by atoms with E-state index in [-0.39, 0.29) is 36.5 Å². The van der Waals surface area contributed by atoms with Gasteiger partial charge in [0.15, 0.2) is 0 Å². The SMILES string of the molecule is O=C(NCc1ccc(F)cc1)c1ccc(C=C2Sc3ccccc3N(Cc3ccccc3F)C2=O)cc1. The fraction of sp³-hybridized carbons (Fsp3) is 0.0667. The molecule has 1 heterocycles. The number of nitrogens with one attached hydrogen (secondary N) is 1. The minimum atomic E-state index is -0.357. The van der Waals surface area contributed by atoms with Crippen LogP contribution in [0, 0.1) is 11.6 Å². The van der Waals surface area contributed by atoms with Crippen LogP contribution >= 0.6 is 11.8 Å². The van der Waals surface area contributed by atoms with Crippen LogP contribution in [0.5, 0.6) is 0 Å². The van der Waals surface area contributed by atoms with E-state index in [1.54, 1.807) is 65.6 Å². The van der Waals surface area contributed by atoms with E-state index in [2.05, 4.69) is 5.32 Å². The number of thioether (sulfide) groups is 1. The lowest BCUT2D eigenvalue weighted by Gasteiger charge is -2.30. The summed E-state index contributed by atoms with van der Waals surface area (Å²) < 4.78 is 27.4. The average molecular weight is 513 g/mol. The fourth-order valence-electron chi connectivity index (χ4n) is 3.98. The molecule has 184 valence electrons. The minimum Gasteiger partial charge on any atom is -0.348 e. The molecule has 7 heteroatoms. The first kappa shape index (κ1) is 24.5. The molecule has 0 saturated heterocycles. The first-order chi connectivity index (χ1) is 18.0. The Balaban J connectivity index is 1.33. The molecule has 0 aliphatic carbocycles. The van der Waals surface area contributed by atoms with E-state index >= 15 is 0 Å². The van der Waals surface area contributed by atoms with Crippen molar-refractivity contribution in [2.45, 2.75) is 18.0 Å². The Bertz CT molecular complexity index is 1480. The molecular weight excluding hydrogens is 490 g/mol. The average Bonchev–Trinajstić information content (AvgIpc) is 2.92. The molecule has 1 N–H and O–H groups in total. The summed E-state index contributed by atoms with van der Waals surface area (Å²) in [7, 11) is 0. The Morgan fingerprint density at radius 1 is 0.865 bits per heavy atom. The fourth-order valence-corrected chi connectivity index (χ4v) is 5.04. The van der Waals surface area contributed by atoms with Crippen LogP contribution in [0.2, 0.25) is 0 Å². The third kappa shape index (κ3) is 5.62. The highest BCUT2D eigenvalue weighted by atomic mass is 32.2. The standard InChI is InChI=1S/C30H22F2N2O2S/c31-24-15-11-21(12-16-24)18-33-29(35)22-13-9-20(10-14-22)17-28-30(36)34(19-23-5-1-2-6-25(23)32)26-7-3-4-8-27(26)37-28/h1-17H,18-19H2,(H,33,35). The molecule has 4 aromatic carbocycles. The van der Waals surface area contributed by atoms with Crippen molar-refractivity contribution in [2.75, 3.05) is 4.90 Å². The number of amides is 2. The number of fused-ring (bicyclic) bond motifs is 1. The van der Waals surface area contributed by atoms with E-state index in [1.165, 1.54) is 30.0 Å². The van der Waals surface area contributed by atoms with Gasteiger partial charge in [-0.25, -0.2) is 8.78 Å². The first-order valence-corrected chi connectivity index (χ1v) is 12.5. The molecule has 0 unspecified atom stereocenters. The Hall–Kier alpha value is -4.23. The third-order valence-electron chi connectivity index (χ3n) is 5.96. The lowest BCUT2D eigenvalue weighted by Crippen LogP contribution is -2.34. The Kier molecular flexibility index (Phi) is 7.14. The summed E-state index contributed by atoms with van der Waals surface area (Å²) in [5, 5.41) is 2.81. The van der Waals surface area contributed by atoms with E-state index in [9.17, 15) is 18.4 Å². The number of anilines is 1. The normalized spacial score (nSPS) is 13.9. The number of carbonyl (C=O) groups excluding carboxylic acids is 2. The lowest BCUT2D eigenvalue weighted by atomic mass is 10.1. The van der Waals surface area contributed by atoms with Crippen molar-refractivity contribution in [2.24, 2.45) is 0 Å². The smallest absolute Gasteiger partial charge is 0.265 e. The van der Waals surface area contributed by atoms with E-state index in [0.717, 1.165) is 21.7 Å².